The molecule has 0 aliphatic heterocycles. The van der Waals surface area contributed by atoms with Gasteiger partial charge in [0.1, 0.15) is 0 Å². The van der Waals surface area contributed by atoms with Crippen LogP contribution >= 0.6 is 11.8 Å². The predicted octanol–water partition coefficient (Wildman–Crippen LogP) is 4.22. The van der Waals surface area contributed by atoms with E-state index in [2.05, 4.69) is 57.2 Å². The lowest BCUT2D eigenvalue weighted by atomic mass is 10.1. The molecule has 0 unspecified atom stereocenters. The molecule has 0 aromatic heterocycles. The van der Waals surface area contributed by atoms with Crippen molar-refractivity contribution in [2.24, 2.45) is 5.73 Å². The maximum absolute atomic E-state index is 5.83. The van der Waals surface area contributed by atoms with Gasteiger partial charge in [-0.1, -0.05) is 42.1 Å². The van der Waals surface area contributed by atoms with E-state index >= 15 is 0 Å². The predicted molar refractivity (Wildman–Crippen MR) is 79.1 cm³/mol. The highest BCUT2D eigenvalue weighted by molar-refractivity contribution is 7.99. The van der Waals surface area contributed by atoms with Gasteiger partial charge in [0.05, 0.1) is 0 Å². The summed E-state index contributed by atoms with van der Waals surface area (Å²) in [7, 11) is 0. The van der Waals surface area contributed by atoms with E-state index in [1.807, 2.05) is 11.8 Å². The molecule has 0 heterocycles. The summed E-state index contributed by atoms with van der Waals surface area (Å²) in [4.78, 5) is 2.62. The van der Waals surface area contributed by atoms with Crippen LogP contribution in [0.15, 0.2) is 46.2 Å². The van der Waals surface area contributed by atoms with Gasteiger partial charge in [0.25, 0.3) is 0 Å². The van der Waals surface area contributed by atoms with E-state index in [1.54, 1.807) is 0 Å². The summed E-state index contributed by atoms with van der Waals surface area (Å²) < 4.78 is 0. The van der Waals surface area contributed by atoms with Gasteiger partial charge in [0.15, 0.2) is 0 Å². The molecule has 2 aromatic carbocycles. The van der Waals surface area contributed by atoms with E-state index in [4.69, 9.17) is 5.73 Å². The van der Waals surface area contributed by atoms with E-state index < -0.39 is 0 Å². The van der Waals surface area contributed by atoms with Crippen molar-refractivity contribution in [1.29, 1.82) is 0 Å². The topological polar surface area (TPSA) is 26.0 Å². The third-order valence-corrected chi connectivity index (χ3v) is 4.52. The number of benzene rings is 2. The SMILES string of the molecule is Cc1ccc(C)c(Sc2c(C)cccc2CN)c1. The molecular formula is C16H19NS. The molecule has 0 aliphatic carbocycles. The molecule has 2 aromatic rings. The van der Waals surface area contributed by atoms with Gasteiger partial charge < -0.3 is 5.73 Å². The Morgan fingerprint density at radius 1 is 1.00 bits per heavy atom. The van der Waals surface area contributed by atoms with Crippen molar-refractivity contribution in [3.05, 3.63) is 58.7 Å². The van der Waals surface area contributed by atoms with Crippen LogP contribution in [0.25, 0.3) is 0 Å². The lowest BCUT2D eigenvalue weighted by Crippen LogP contribution is -1.99. The van der Waals surface area contributed by atoms with Crippen LogP contribution in [-0.2, 0) is 6.54 Å². The minimum atomic E-state index is 0.592. The minimum absolute atomic E-state index is 0.592. The maximum Gasteiger partial charge on any atom is 0.0196 e. The van der Waals surface area contributed by atoms with Crippen LogP contribution in [0.5, 0.6) is 0 Å². The molecule has 1 nitrogen and oxygen atoms in total. The average molecular weight is 257 g/mol. The van der Waals surface area contributed by atoms with Gasteiger partial charge in [-0.15, -0.1) is 0 Å². The summed E-state index contributed by atoms with van der Waals surface area (Å²) in [6.07, 6.45) is 0. The normalized spacial score (nSPS) is 10.7. The largest absolute Gasteiger partial charge is 0.326 e. The molecule has 0 aliphatic rings. The van der Waals surface area contributed by atoms with Crippen LogP contribution in [0.2, 0.25) is 0 Å². The highest BCUT2D eigenvalue weighted by Gasteiger charge is 2.08. The van der Waals surface area contributed by atoms with Crippen LogP contribution in [0.3, 0.4) is 0 Å². The highest BCUT2D eigenvalue weighted by atomic mass is 32.2. The van der Waals surface area contributed by atoms with Crippen LogP contribution in [-0.4, -0.2) is 0 Å². The first-order valence-corrected chi connectivity index (χ1v) is 6.97. The van der Waals surface area contributed by atoms with Crippen LogP contribution in [0.1, 0.15) is 22.3 Å². The number of nitrogens with two attached hydrogens (primary N) is 1. The third kappa shape index (κ3) is 2.77. The first-order chi connectivity index (χ1) is 8.61. The Labute approximate surface area is 113 Å². The quantitative estimate of drug-likeness (QED) is 0.891. The second-order valence-corrected chi connectivity index (χ2v) is 5.69. The van der Waals surface area contributed by atoms with Crippen molar-refractivity contribution in [1.82, 2.24) is 0 Å². The Morgan fingerprint density at radius 3 is 2.50 bits per heavy atom. The van der Waals surface area contributed by atoms with Gasteiger partial charge in [-0.3, -0.25) is 0 Å². The second kappa shape index (κ2) is 5.59. The summed E-state index contributed by atoms with van der Waals surface area (Å²) in [5.41, 5.74) is 11.0. The third-order valence-electron chi connectivity index (χ3n) is 3.07. The smallest absolute Gasteiger partial charge is 0.0196 e. The lowest BCUT2D eigenvalue weighted by molar-refractivity contribution is 1.01. The Hall–Kier alpha value is -1.25. The van der Waals surface area contributed by atoms with Crippen molar-refractivity contribution in [3.8, 4) is 0 Å². The highest BCUT2D eigenvalue weighted by Crippen LogP contribution is 2.35. The molecule has 0 atom stereocenters. The number of hydrogen-bond acceptors (Lipinski definition) is 2. The number of rotatable bonds is 3. The van der Waals surface area contributed by atoms with E-state index in [0.717, 1.165) is 0 Å². The molecule has 2 N–H and O–H groups in total. The van der Waals surface area contributed by atoms with Gasteiger partial charge in [0.2, 0.25) is 0 Å². The Morgan fingerprint density at radius 2 is 1.78 bits per heavy atom. The van der Waals surface area contributed by atoms with Gasteiger partial charge in [0, 0.05) is 16.3 Å². The molecule has 0 bridgehead atoms. The molecule has 18 heavy (non-hydrogen) atoms. The number of hydrogen-bond donors (Lipinski definition) is 1. The van der Waals surface area contributed by atoms with Crippen molar-refractivity contribution < 1.29 is 0 Å². The van der Waals surface area contributed by atoms with E-state index in [-0.39, 0.29) is 0 Å². The second-order valence-electron chi connectivity index (χ2n) is 4.64. The van der Waals surface area contributed by atoms with Crippen LogP contribution < -0.4 is 5.73 Å². The summed E-state index contributed by atoms with van der Waals surface area (Å²) in [6, 6.07) is 12.9. The molecular weight excluding hydrogens is 238 g/mol. The standard InChI is InChI=1S/C16H19NS/c1-11-7-8-12(2)15(9-11)18-16-13(3)5-4-6-14(16)10-17/h4-9H,10,17H2,1-3H3. The average Bonchev–Trinajstić information content (AvgIpc) is 2.36. The van der Waals surface area contributed by atoms with Gasteiger partial charge >= 0.3 is 0 Å². The molecule has 0 amide bonds. The van der Waals surface area contributed by atoms with Crippen molar-refractivity contribution >= 4 is 11.8 Å². The Balaban J connectivity index is 2.42. The number of aryl methyl sites for hydroxylation is 3. The zero-order valence-electron chi connectivity index (χ0n) is 11.2. The first-order valence-electron chi connectivity index (χ1n) is 6.15. The monoisotopic (exact) mass is 257 g/mol. The lowest BCUT2D eigenvalue weighted by Gasteiger charge is -2.13. The molecule has 0 fully saturated rings. The molecule has 2 heteroatoms. The van der Waals surface area contributed by atoms with E-state index in [0.29, 0.717) is 6.54 Å². The fourth-order valence-corrected chi connectivity index (χ4v) is 3.15. The van der Waals surface area contributed by atoms with Gasteiger partial charge in [-0.2, -0.15) is 0 Å². The molecule has 0 spiro atoms. The van der Waals surface area contributed by atoms with Crippen molar-refractivity contribution in [3.63, 3.8) is 0 Å². The zero-order chi connectivity index (χ0) is 13.1. The summed E-state index contributed by atoms with van der Waals surface area (Å²) in [5.74, 6) is 0. The zero-order valence-corrected chi connectivity index (χ0v) is 12.0. The fraction of sp³-hybridized carbons (Fsp3) is 0.250. The summed E-state index contributed by atoms with van der Waals surface area (Å²) in [6.45, 7) is 7.02. The molecule has 0 saturated heterocycles. The molecule has 94 valence electrons. The molecule has 0 saturated carbocycles. The molecule has 2 rings (SSSR count). The maximum atomic E-state index is 5.83. The Bertz CT molecular complexity index is 561. The van der Waals surface area contributed by atoms with Crippen molar-refractivity contribution in [2.45, 2.75) is 37.1 Å². The van der Waals surface area contributed by atoms with Gasteiger partial charge in [-0.25, -0.2) is 0 Å². The fourth-order valence-electron chi connectivity index (χ4n) is 1.95. The summed E-state index contributed by atoms with van der Waals surface area (Å²) >= 11 is 1.83. The van der Waals surface area contributed by atoms with Crippen LogP contribution in [0.4, 0.5) is 0 Å². The minimum Gasteiger partial charge on any atom is -0.326 e. The van der Waals surface area contributed by atoms with E-state index in [9.17, 15) is 0 Å². The first kappa shape index (κ1) is 13.2. The van der Waals surface area contributed by atoms with Gasteiger partial charge in [-0.05, 0) is 49.1 Å². The van der Waals surface area contributed by atoms with Crippen LogP contribution in [0, 0.1) is 20.8 Å². The van der Waals surface area contributed by atoms with Crippen molar-refractivity contribution in [2.75, 3.05) is 0 Å². The van der Waals surface area contributed by atoms with E-state index in [1.165, 1.54) is 32.0 Å². The molecule has 0 radical (unpaired) electrons. The summed E-state index contributed by atoms with van der Waals surface area (Å²) in [5, 5.41) is 0. The Kier molecular flexibility index (Phi) is 4.10.